The van der Waals surface area contributed by atoms with Gasteiger partial charge in [0.05, 0.1) is 7.11 Å². The van der Waals surface area contributed by atoms with Crippen LogP contribution >= 0.6 is 0 Å². The van der Waals surface area contributed by atoms with E-state index in [0.29, 0.717) is 49.2 Å². The van der Waals surface area contributed by atoms with Crippen LogP contribution < -0.4 is 15.8 Å². The Kier molecular flexibility index (Phi) is 9.56. The molecule has 3 N–H and O–H groups in total. The van der Waals surface area contributed by atoms with Crippen molar-refractivity contribution in [1.29, 1.82) is 0 Å². The first-order valence-electron chi connectivity index (χ1n) is 12.6. The van der Waals surface area contributed by atoms with Crippen molar-refractivity contribution < 1.29 is 14.3 Å². The molecule has 2 amide bonds. The first-order chi connectivity index (χ1) is 15.9. The number of carbonyl (C=O) groups excluding carboxylic acids is 2. The molecular formula is C26H42N4O3. The minimum atomic E-state index is -0.485. The highest BCUT2D eigenvalue weighted by Gasteiger charge is 2.42. The van der Waals surface area contributed by atoms with E-state index >= 15 is 0 Å². The maximum atomic E-state index is 13.5. The Bertz CT molecular complexity index is 779. The highest BCUT2D eigenvalue weighted by Crippen LogP contribution is 2.30. The van der Waals surface area contributed by atoms with Gasteiger partial charge in [0.1, 0.15) is 11.8 Å². The van der Waals surface area contributed by atoms with E-state index < -0.39 is 6.04 Å². The summed E-state index contributed by atoms with van der Waals surface area (Å²) < 4.78 is 5.31. The van der Waals surface area contributed by atoms with E-state index in [4.69, 9.17) is 10.5 Å². The fourth-order valence-electron chi connectivity index (χ4n) is 5.33. The number of benzene rings is 1. The molecule has 1 aliphatic heterocycles. The molecule has 0 spiro atoms. The Morgan fingerprint density at radius 2 is 2.00 bits per heavy atom. The van der Waals surface area contributed by atoms with Crippen molar-refractivity contribution in [3.05, 3.63) is 29.8 Å². The second-order valence-electron chi connectivity index (χ2n) is 10.0. The fraction of sp³-hybridized carbons (Fsp3) is 0.692. The van der Waals surface area contributed by atoms with Crippen LogP contribution in [-0.4, -0.2) is 73.5 Å². The van der Waals surface area contributed by atoms with Gasteiger partial charge in [-0.1, -0.05) is 39.2 Å². The predicted octanol–water partition coefficient (Wildman–Crippen LogP) is 2.89. The average Bonchev–Trinajstić information content (AvgIpc) is 3.27. The molecule has 1 saturated carbocycles. The van der Waals surface area contributed by atoms with E-state index in [2.05, 4.69) is 24.1 Å². The van der Waals surface area contributed by atoms with E-state index in [1.165, 1.54) is 32.1 Å². The Hall–Kier alpha value is -2.12. The van der Waals surface area contributed by atoms with Gasteiger partial charge in [-0.25, -0.2) is 0 Å². The first-order valence-corrected chi connectivity index (χ1v) is 12.6. The number of nitrogens with zero attached hydrogens (tertiary/aromatic N) is 2. The Morgan fingerprint density at radius 1 is 1.24 bits per heavy atom. The molecule has 1 saturated heterocycles. The first kappa shape index (κ1) is 25.5. The van der Waals surface area contributed by atoms with Crippen molar-refractivity contribution in [2.75, 3.05) is 39.8 Å². The summed E-state index contributed by atoms with van der Waals surface area (Å²) in [6, 6.07) is 6.87. The molecule has 0 bridgehead atoms. The summed E-state index contributed by atoms with van der Waals surface area (Å²) in [5, 5.41) is 2.91. The number of amides is 2. The molecule has 2 unspecified atom stereocenters. The lowest BCUT2D eigenvalue weighted by molar-refractivity contribution is -0.124. The van der Waals surface area contributed by atoms with Gasteiger partial charge < -0.3 is 20.7 Å². The molecule has 0 aromatic heterocycles. The number of hydrogen-bond acceptors (Lipinski definition) is 5. The average molecular weight is 459 g/mol. The third-order valence-electron chi connectivity index (χ3n) is 6.94. The lowest BCUT2D eigenvalue weighted by Crippen LogP contribution is -2.47. The molecule has 3 rings (SSSR count). The molecule has 33 heavy (non-hydrogen) atoms. The number of rotatable bonds is 10. The number of likely N-dealkylation sites (tertiary alicyclic amines) is 1. The van der Waals surface area contributed by atoms with E-state index in [9.17, 15) is 9.59 Å². The van der Waals surface area contributed by atoms with Crippen LogP contribution in [0, 0.1) is 11.8 Å². The van der Waals surface area contributed by atoms with Crippen LogP contribution in [0.15, 0.2) is 24.3 Å². The maximum Gasteiger partial charge on any atom is 0.254 e. The molecule has 2 aliphatic rings. The van der Waals surface area contributed by atoms with Gasteiger partial charge in [0.15, 0.2) is 0 Å². The van der Waals surface area contributed by atoms with Crippen molar-refractivity contribution in [3.8, 4) is 5.75 Å². The van der Waals surface area contributed by atoms with Gasteiger partial charge in [-0.2, -0.15) is 0 Å². The SMILES string of the molecule is COc1cccc(C(=O)N2CC(N(CC(C)C)CC3CCCCC3)CC2C(=O)NCCN)c1. The molecule has 1 heterocycles. The number of methoxy groups -OCH3 is 1. The molecule has 2 atom stereocenters. The summed E-state index contributed by atoms with van der Waals surface area (Å²) in [6.07, 6.45) is 7.20. The minimum Gasteiger partial charge on any atom is -0.497 e. The highest BCUT2D eigenvalue weighted by atomic mass is 16.5. The van der Waals surface area contributed by atoms with Crippen molar-refractivity contribution in [1.82, 2.24) is 15.1 Å². The van der Waals surface area contributed by atoms with Crippen LogP contribution in [0.1, 0.15) is 62.7 Å². The number of hydrogen-bond donors (Lipinski definition) is 2. The summed E-state index contributed by atoms with van der Waals surface area (Å²) in [4.78, 5) is 30.9. The number of nitrogens with one attached hydrogen (secondary N) is 1. The highest BCUT2D eigenvalue weighted by molar-refractivity contribution is 5.98. The zero-order valence-electron chi connectivity index (χ0n) is 20.6. The van der Waals surface area contributed by atoms with Gasteiger partial charge in [0.25, 0.3) is 5.91 Å². The Labute approximate surface area is 199 Å². The largest absolute Gasteiger partial charge is 0.497 e. The standard InChI is InChI=1S/C26H42N4O3/c1-19(2)16-29(17-20-8-5-4-6-9-20)22-15-24(25(31)28-13-12-27)30(18-22)26(32)21-10-7-11-23(14-21)33-3/h7,10-11,14,19-20,22,24H,4-6,8-9,12-13,15-18,27H2,1-3H3,(H,28,31). The second-order valence-corrected chi connectivity index (χ2v) is 10.0. The maximum absolute atomic E-state index is 13.5. The summed E-state index contributed by atoms with van der Waals surface area (Å²) in [6.45, 7) is 7.89. The third-order valence-corrected chi connectivity index (χ3v) is 6.94. The monoisotopic (exact) mass is 458 g/mol. The summed E-state index contributed by atoms with van der Waals surface area (Å²) >= 11 is 0. The quantitative estimate of drug-likeness (QED) is 0.563. The molecule has 7 heteroatoms. The van der Waals surface area contributed by atoms with Crippen LogP contribution in [0.25, 0.3) is 0 Å². The molecule has 184 valence electrons. The Morgan fingerprint density at radius 3 is 2.67 bits per heavy atom. The lowest BCUT2D eigenvalue weighted by atomic mass is 9.88. The minimum absolute atomic E-state index is 0.110. The topological polar surface area (TPSA) is 87.9 Å². The Balaban J connectivity index is 1.81. The van der Waals surface area contributed by atoms with E-state index in [-0.39, 0.29) is 17.9 Å². The zero-order valence-corrected chi connectivity index (χ0v) is 20.6. The molecular weight excluding hydrogens is 416 g/mol. The molecule has 1 aliphatic carbocycles. The van der Waals surface area contributed by atoms with Gasteiger partial charge in [-0.05, 0) is 49.3 Å². The molecule has 1 aromatic carbocycles. The normalized spacial score (nSPS) is 21.6. The van der Waals surface area contributed by atoms with Crippen LogP contribution in [0.5, 0.6) is 5.75 Å². The number of carbonyl (C=O) groups is 2. The molecule has 0 radical (unpaired) electrons. The van der Waals surface area contributed by atoms with Crippen molar-refractivity contribution in [2.45, 2.75) is 64.5 Å². The van der Waals surface area contributed by atoms with Gasteiger partial charge >= 0.3 is 0 Å². The van der Waals surface area contributed by atoms with Crippen LogP contribution in [0.4, 0.5) is 0 Å². The van der Waals surface area contributed by atoms with Gasteiger partial charge in [0, 0.05) is 44.3 Å². The summed E-state index contributed by atoms with van der Waals surface area (Å²) in [5.74, 6) is 1.65. The number of nitrogens with two attached hydrogens (primary N) is 1. The molecule has 2 fully saturated rings. The van der Waals surface area contributed by atoms with Crippen molar-refractivity contribution in [3.63, 3.8) is 0 Å². The van der Waals surface area contributed by atoms with Crippen molar-refractivity contribution >= 4 is 11.8 Å². The smallest absolute Gasteiger partial charge is 0.254 e. The third kappa shape index (κ3) is 6.93. The second kappa shape index (κ2) is 12.4. The zero-order chi connectivity index (χ0) is 23.8. The summed E-state index contributed by atoms with van der Waals surface area (Å²) in [7, 11) is 1.59. The van der Waals surface area contributed by atoms with E-state index in [1.807, 2.05) is 12.1 Å². The molecule has 7 nitrogen and oxygen atoms in total. The van der Waals surface area contributed by atoms with Gasteiger partial charge in [-0.15, -0.1) is 0 Å². The molecule has 1 aromatic rings. The lowest BCUT2D eigenvalue weighted by Gasteiger charge is -2.35. The van der Waals surface area contributed by atoms with Gasteiger partial charge in [-0.3, -0.25) is 14.5 Å². The van der Waals surface area contributed by atoms with Crippen LogP contribution in [-0.2, 0) is 4.79 Å². The number of ether oxygens (including phenoxy) is 1. The van der Waals surface area contributed by atoms with E-state index in [1.54, 1.807) is 24.1 Å². The summed E-state index contributed by atoms with van der Waals surface area (Å²) in [5.41, 5.74) is 6.16. The van der Waals surface area contributed by atoms with E-state index in [0.717, 1.165) is 13.1 Å². The van der Waals surface area contributed by atoms with Crippen LogP contribution in [0.3, 0.4) is 0 Å². The van der Waals surface area contributed by atoms with Gasteiger partial charge in [0.2, 0.25) is 5.91 Å². The van der Waals surface area contributed by atoms with Crippen LogP contribution in [0.2, 0.25) is 0 Å². The van der Waals surface area contributed by atoms with Crippen molar-refractivity contribution in [2.24, 2.45) is 17.6 Å². The fourth-order valence-corrected chi connectivity index (χ4v) is 5.33. The predicted molar refractivity (Wildman–Crippen MR) is 131 cm³/mol.